The molecule has 0 aliphatic heterocycles. The monoisotopic (exact) mass is 499 g/mol. The Kier molecular flexibility index (Phi) is 8.98. The second kappa shape index (κ2) is 11.5. The van der Waals surface area contributed by atoms with E-state index in [2.05, 4.69) is 33.4 Å². The van der Waals surface area contributed by atoms with Crippen LogP contribution in [0.5, 0.6) is 11.5 Å². The van der Waals surface area contributed by atoms with Crippen molar-refractivity contribution in [1.82, 2.24) is 5.32 Å². The van der Waals surface area contributed by atoms with E-state index in [4.69, 9.17) is 32.7 Å². The minimum Gasteiger partial charge on any atom is -0.490 e. The standard InChI is InChI=1S/C23H28BrCl2NO2/c1-2-28-22-12-16(14-27-19-7-5-3-4-6-8-19)11-20(24)23(22)29-15-17-9-10-18(25)13-21(17)26/h9-13,19,27H,2-8,14-15H2,1H3. The van der Waals surface area contributed by atoms with Gasteiger partial charge in [-0.3, -0.25) is 0 Å². The summed E-state index contributed by atoms with van der Waals surface area (Å²) < 4.78 is 12.8. The summed E-state index contributed by atoms with van der Waals surface area (Å²) in [6, 6.07) is 10.2. The van der Waals surface area contributed by atoms with Gasteiger partial charge in [0.05, 0.1) is 11.1 Å². The summed E-state index contributed by atoms with van der Waals surface area (Å²) in [5.41, 5.74) is 2.06. The lowest BCUT2D eigenvalue weighted by Gasteiger charge is -2.19. The highest BCUT2D eigenvalue weighted by atomic mass is 79.9. The number of halogens is 3. The van der Waals surface area contributed by atoms with Gasteiger partial charge in [-0.1, -0.05) is 55.0 Å². The highest BCUT2D eigenvalue weighted by Crippen LogP contribution is 2.38. The van der Waals surface area contributed by atoms with Gasteiger partial charge in [0, 0.05) is 28.2 Å². The predicted octanol–water partition coefficient (Wildman–Crippen LogP) is 7.55. The number of rotatable bonds is 8. The highest BCUT2D eigenvalue weighted by Gasteiger charge is 2.16. The van der Waals surface area contributed by atoms with Crippen molar-refractivity contribution in [2.75, 3.05) is 6.61 Å². The van der Waals surface area contributed by atoms with Crippen molar-refractivity contribution < 1.29 is 9.47 Å². The Balaban J connectivity index is 1.69. The molecule has 158 valence electrons. The lowest BCUT2D eigenvalue weighted by Crippen LogP contribution is -2.27. The molecule has 2 aromatic rings. The highest BCUT2D eigenvalue weighted by molar-refractivity contribution is 9.10. The zero-order chi connectivity index (χ0) is 20.6. The van der Waals surface area contributed by atoms with Gasteiger partial charge in [-0.05, 0) is 65.5 Å². The smallest absolute Gasteiger partial charge is 0.175 e. The Morgan fingerprint density at radius 1 is 1.03 bits per heavy atom. The van der Waals surface area contributed by atoms with Gasteiger partial charge < -0.3 is 14.8 Å². The molecule has 0 unspecified atom stereocenters. The Hall–Kier alpha value is -0.940. The van der Waals surface area contributed by atoms with Crippen LogP contribution >= 0.6 is 39.1 Å². The van der Waals surface area contributed by atoms with E-state index in [0.717, 1.165) is 22.3 Å². The fourth-order valence-corrected chi connectivity index (χ4v) is 4.73. The van der Waals surface area contributed by atoms with Crippen molar-refractivity contribution in [2.24, 2.45) is 0 Å². The van der Waals surface area contributed by atoms with Crippen molar-refractivity contribution in [3.8, 4) is 11.5 Å². The SMILES string of the molecule is CCOc1cc(CNC2CCCCCC2)cc(Br)c1OCc1ccc(Cl)cc1Cl. The first-order valence-electron chi connectivity index (χ1n) is 10.3. The summed E-state index contributed by atoms with van der Waals surface area (Å²) >= 11 is 15.9. The summed E-state index contributed by atoms with van der Waals surface area (Å²) in [4.78, 5) is 0. The molecule has 0 heterocycles. The molecule has 6 heteroatoms. The minimum atomic E-state index is 0.342. The molecule has 1 saturated carbocycles. The van der Waals surface area contributed by atoms with Crippen molar-refractivity contribution in [1.29, 1.82) is 0 Å². The van der Waals surface area contributed by atoms with Crippen LogP contribution in [0.15, 0.2) is 34.8 Å². The Labute approximate surface area is 192 Å². The summed E-state index contributed by atoms with van der Waals surface area (Å²) in [7, 11) is 0. The van der Waals surface area contributed by atoms with Crippen LogP contribution in [0, 0.1) is 0 Å². The van der Waals surface area contributed by atoms with E-state index >= 15 is 0 Å². The maximum absolute atomic E-state index is 6.27. The van der Waals surface area contributed by atoms with E-state index in [1.807, 2.05) is 19.1 Å². The van der Waals surface area contributed by atoms with E-state index in [9.17, 15) is 0 Å². The van der Waals surface area contributed by atoms with Crippen LogP contribution in [0.2, 0.25) is 10.0 Å². The molecule has 3 rings (SSSR count). The van der Waals surface area contributed by atoms with Gasteiger partial charge in [-0.2, -0.15) is 0 Å². The largest absolute Gasteiger partial charge is 0.490 e. The quantitative estimate of drug-likeness (QED) is 0.379. The lowest BCUT2D eigenvalue weighted by atomic mass is 10.1. The number of nitrogens with one attached hydrogen (secondary N) is 1. The number of ether oxygens (including phenoxy) is 2. The van der Waals surface area contributed by atoms with Crippen molar-refractivity contribution in [2.45, 2.75) is 64.6 Å². The third kappa shape index (κ3) is 6.78. The average Bonchev–Trinajstić information content (AvgIpc) is 2.96. The molecular formula is C23H28BrCl2NO2. The van der Waals surface area contributed by atoms with Crippen molar-refractivity contribution in [3.63, 3.8) is 0 Å². The molecule has 0 atom stereocenters. The van der Waals surface area contributed by atoms with Gasteiger partial charge >= 0.3 is 0 Å². The Bertz CT molecular complexity index is 808. The topological polar surface area (TPSA) is 30.5 Å². The van der Waals surface area contributed by atoms with E-state index < -0.39 is 0 Å². The molecule has 0 saturated heterocycles. The molecule has 0 radical (unpaired) electrons. The summed E-state index contributed by atoms with van der Waals surface area (Å²) in [5, 5.41) is 4.92. The first-order valence-corrected chi connectivity index (χ1v) is 11.9. The van der Waals surface area contributed by atoms with E-state index in [-0.39, 0.29) is 0 Å². The minimum absolute atomic E-state index is 0.342. The molecular weight excluding hydrogens is 473 g/mol. The molecule has 0 aromatic heterocycles. The second-order valence-electron chi connectivity index (χ2n) is 7.43. The molecule has 1 fully saturated rings. The van der Waals surface area contributed by atoms with Crippen molar-refractivity contribution >= 4 is 39.1 Å². The first-order chi connectivity index (χ1) is 14.1. The van der Waals surface area contributed by atoms with Crippen LogP contribution < -0.4 is 14.8 Å². The normalized spacial score (nSPS) is 15.2. The first kappa shape index (κ1) is 22.7. The molecule has 1 aliphatic rings. The van der Waals surface area contributed by atoms with E-state index in [1.165, 1.54) is 44.1 Å². The molecule has 29 heavy (non-hydrogen) atoms. The van der Waals surface area contributed by atoms with Crippen LogP contribution in [0.1, 0.15) is 56.6 Å². The van der Waals surface area contributed by atoms with Gasteiger partial charge in [0.2, 0.25) is 0 Å². The number of hydrogen-bond acceptors (Lipinski definition) is 3. The maximum atomic E-state index is 6.27. The molecule has 0 amide bonds. The summed E-state index contributed by atoms with van der Waals surface area (Å²) in [6.45, 7) is 3.72. The van der Waals surface area contributed by atoms with Crippen LogP contribution in [0.4, 0.5) is 0 Å². The van der Waals surface area contributed by atoms with Gasteiger partial charge in [-0.25, -0.2) is 0 Å². The lowest BCUT2D eigenvalue weighted by molar-refractivity contribution is 0.267. The van der Waals surface area contributed by atoms with Crippen LogP contribution in [0.3, 0.4) is 0 Å². The average molecular weight is 501 g/mol. The number of hydrogen-bond donors (Lipinski definition) is 1. The van der Waals surface area contributed by atoms with Crippen LogP contribution in [-0.4, -0.2) is 12.6 Å². The van der Waals surface area contributed by atoms with Gasteiger partial charge in [0.1, 0.15) is 6.61 Å². The van der Waals surface area contributed by atoms with E-state index in [1.54, 1.807) is 6.07 Å². The maximum Gasteiger partial charge on any atom is 0.175 e. The zero-order valence-corrected chi connectivity index (χ0v) is 19.9. The third-order valence-electron chi connectivity index (χ3n) is 5.21. The van der Waals surface area contributed by atoms with Gasteiger partial charge in [0.25, 0.3) is 0 Å². The number of benzene rings is 2. The molecule has 1 N–H and O–H groups in total. The fraction of sp³-hybridized carbons (Fsp3) is 0.478. The molecule has 2 aromatic carbocycles. The van der Waals surface area contributed by atoms with Gasteiger partial charge in [0.15, 0.2) is 11.5 Å². The van der Waals surface area contributed by atoms with E-state index in [0.29, 0.717) is 35.1 Å². The van der Waals surface area contributed by atoms with Crippen LogP contribution in [0.25, 0.3) is 0 Å². The van der Waals surface area contributed by atoms with Crippen LogP contribution in [-0.2, 0) is 13.2 Å². The second-order valence-corrected chi connectivity index (χ2v) is 9.13. The summed E-state index contributed by atoms with van der Waals surface area (Å²) in [5.74, 6) is 1.43. The molecule has 1 aliphatic carbocycles. The predicted molar refractivity (Wildman–Crippen MR) is 124 cm³/mol. The Morgan fingerprint density at radius 3 is 2.48 bits per heavy atom. The van der Waals surface area contributed by atoms with Gasteiger partial charge in [-0.15, -0.1) is 0 Å². The third-order valence-corrected chi connectivity index (χ3v) is 6.38. The fourth-order valence-electron chi connectivity index (χ4n) is 3.66. The summed E-state index contributed by atoms with van der Waals surface area (Å²) in [6.07, 6.45) is 7.91. The molecule has 0 spiro atoms. The zero-order valence-electron chi connectivity index (χ0n) is 16.8. The molecule has 0 bridgehead atoms. The van der Waals surface area contributed by atoms with Crippen molar-refractivity contribution in [3.05, 3.63) is 56.0 Å². The molecule has 3 nitrogen and oxygen atoms in total. The Morgan fingerprint density at radius 2 is 1.79 bits per heavy atom.